The number of pyridine rings is 1. The van der Waals surface area contributed by atoms with Crippen molar-refractivity contribution in [1.82, 2.24) is 24.7 Å². The molecular formula is C31H23N5O2S2. The Balaban J connectivity index is 1.20. The van der Waals surface area contributed by atoms with Gasteiger partial charge in [-0.1, -0.05) is 66.4 Å². The molecule has 0 saturated carbocycles. The van der Waals surface area contributed by atoms with Gasteiger partial charge in [0.05, 0.1) is 16.9 Å². The molecule has 9 heteroatoms. The molecule has 196 valence electrons. The van der Waals surface area contributed by atoms with Crippen molar-refractivity contribution in [2.75, 3.05) is 6.79 Å². The Morgan fingerprint density at radius 3 is 2.65 bits per heavy atom. The summed E-state index contributed by atoms with van der Waals surface area (Å²) in [6.07, 6.45) is 1.87. The van der Waals surface area contributed by atoms with Crippen molar-refractivity contribution in [3.8, 4) is 44.7 Å². The molecule has 0 spiro atoms. The van der Waals surface area contributed by atoms with Crippen LogP contribution in [0.4, 0.5) is 0 Å². The summed E-state index contributed by atoms with van der Waals surface area (Å²) in [6, 6.07) is 26.4. The van der Waals surface area contributed by atoms with E-state index in [0.29, 0.717) is 12.3 Å². The van der Waals surface area contributed by atoms with Crippen molar-refractivity contribution >= 4 is 34.0 Å². The number of allylic oxidation sites excluding steroid dienone is 1. The molecule has 3 aromatic heterocycles. The van der Waals surface area contributed by atoms with Crippen LogP contribution in [-0.2, 0) is 12.3 Å². The Kier molecular flexibility index (Phi) is 6.51. The lowest BCUT2D eigenvalue weighted by molar-refractivity contribution is 0.174. The number of fused-ring (bicyclic) bond motifs is 2. The van der Waals surface area contributed by atoms with Gasteiger partial charge in [0.2, 0.25) is 6.79 Å². The van der Waals surface area contributed by atoms with Crippen molar-refractivity contribution in [1.29, 1.82) is 0 Å². The fourth-order valence-electron chi connectivity index (χ4n) is 4.68. The Morgan fingerprint density at radius 2 is 1.75 bits per heavy atom. The number of para-hydroxylation sites is 1. The van der Waals surface area contributed by atoms with Crippen LogP contribution >= 0.6 is 23.1 Å². The number of hydrogen-bond donors (Lipinski definition) is 0. The van der Waals surface area contributed by atoms with E-state index in [9.17, 15) is 0 Å². The van der Waals surface area contributed by atoms with Crippen LogP contribution in [0.5, 0.6) is 11.5 Å². The van der Waals surface area contributed by atoms with Crippen LogP contribution in [0.15, 0.2) is 102 Å². The molecule has 0 fully saturated rings. The molecule has 0 saturated heterocycles. The van der Waals surface area contributed by atoms with Gasteiger partial charge >= 0.3 is 0 Å². The lowest BCUT2D eigenvalue weighted by Crippen LogP contribution is -2.02. The van der Waals surface area contributed by atoms with Gasteiger partial charge in [0.15, 0.2) is 22.5 Å². The minimum absolute atomic E-state index is 0.259. The highest BCUT2D eigenvalue weighted by Crippen LogP contribution is 2.38. The molecule has 7 nitrogen and oxygen atoms in total. The van der Waals surface area contributed by atoms with Crippen molar-refractivity contribution in [2.45, 2.75) is 17.5 Å². The minimum Gasteiger partial charge on any atom is -0.454 e. The first-order valence-electron chi connectivity index (χ1n) is 12.7. The normalized spacial score (nSPS) is 12.2. The molecule has 3 aromatic carbocycles. The van der Waals surface area contributed by atoms with E-state index in [0.717, 1.165) is 66.5 Å². The summed E-state index contributed by atoms with van der Waals surface area (Å²) < 4.78 is 13.1. The first-order valence-corrected chi connectivity index (χ1v) is 14.6. The zero-order valence-corrected chi connectivity index (χ0v) is 23.0. The molecule has 0 aliphatic carbocycles. The largest absolute Gasteiger partial charge is 0.454 e. The molecular weight excluding hydrogens is 539 g/mol. The average molecular weight is 562 g/mol. The zero-order chi connectivity index (χ0) is 26.9. The van der Waals surface area contributed by atoms with E-state index in [2.05, 4.69) is 51.0 Å². The van der Waals surface area contributed by atoms with Crippen LogP contribution in [0.1, 0.15) is 5.69 Å². The zero-order valence-electron chi connectivity index (χ0n) is 21.4. The van der Waals surface area contributed by atoms with Crippen LogP contribution in [0, 0.1) is 0 Å². The maximum absolute atomic E-state index is 5.53. The third-order valence-electron chi connectivity index (χ3n) is 6.58. The first-order chi connectivity index (χ1) is 19.8. The molecule has 0 amide bonds. The Bertz CT molecular complexity index is 1850. The quantitative estimate of drug-likeness (QED) is 0.141. The topological polar surface area (TPSA) is 75.0 Å². The summed E-state index contributed by atoms with van der Waals surface area (Å²) in [5, 5.41) is 14.1. The number of nitrogens with zero attached hydrogens (tertiary/aromatic N) is 5. The molecule has 0 radical (unpaired) electrons. The van der Waals surface area contributed by atoms with E-state index in [1.807, 2.05) is 60.7 Å². The van der Waals surface area contributed by atoms with E-state index in [1.165, 1.54) is 0 Å². The van der Waals surface area contributed by atoms with Crippen LogP contribution in [0.25, 0.3) is 44.1 Å². The molecule has 1 aliphatic rings. The van der Waals surface area contributed by atoms with Gasteiger partial charge in [-0.05, 0) is 30.3 Å². The fraction of sp³-hybridized carbons (Fsp3) is 0.0968. The van der Waals surface area contributed by atoms with Crippen LogP contribution in [-0.4, -0.2) is 31.5 Å². The second-order valence-electron chi connectivity index (χ2n) is 9.14. The molecule has 1 aliphatic heterocycles. The average Bonchev–Trinajstić information content (AvgIpc) is 3.76. The summed E-state index contributed by atoms with van der Waals surface area (Å²) >= 11 is 3.23. The van der Waals surface area contributed by atoms with Gasteiger partial charge in [-0.2, -0.15) is 0 Å². The highest BCUT2D eigenvalue weighted by molar-refractivity contribution is 7.98. The first kappa shape index (κ1) is 24.6. The van der Waals surface area contributed by atoms with Gasteiger partial charge in [-0.25, -0.2) is 9.97 Å². The van der Waals surface area contributed by atoms with E-state index in [-0.39, 0.29) is 6.79 Å². The third-order valence-corrected chi connectivity index (χ3v) is 8.52. The van der Waals surface area contributed by atoms with E-state index >= 15 is 0 Å². The number of rotatable bonds is 8. The van der Waals surface area contributed by atoms with E-state index in [1.54, 1.807) is 23.1 Å². The van der Waals surface area contributed by atoms with E-state index in [4.69, 9.17) is 19.4 Å². The molecule has 40 heavy (non-hydrogen) atoms. The molecule has 0 atom stereocenters. The highest BCUT2D eigenvalue weighted by Gasteiger charge is 2.19. The highest BCUT2D eigenvalue weighted by atomic mass is 32.2. The number of hydrogen-bond acceptors (Lipinski definition) is 8. The SMILES string of the molecule is C=CCn1c(SCc2csc(-c3ccc4c(c3)OCO4)n2)nnc1-c1cc(-c2ccccc2)nc2ccccc12. The number of ether oxygens (including phenoxy) is 2. The summed E-state index contributed by atoms with van der Waals surface area (Å²) in [5.74, 6) is 2.99. The lowest BCUT2D eigenvalue weighted by Gasteiger charge is -2.12. The number of benzene rings is 3. The predicted molar refractivity (Wildman–Crippen MR) is 160 cm³/mol. The molecule has 7 rings (SSSR count). The van der Waals surface area contributed by atoms with Gasteiger partial charge in [-0.3, -0.25) is 4.57 Å². The number of thiazole rings is 1. The maximum atomic E-state index is 5.53. The van der Waals surface area contributed by atoms with Crippen molar-refractivity contribution in [3.05, 3.63) is 103 Å². The standard InChI is InChI=1S/C31H23N5O2S2/c1-2-14-36-29(24-16-26(20-8-4-3-5-9-20)33-25-11-7-6-10-23(24)25)34-35-31(36)40-18-22-17-39-30(32-22)21-12-13-27-28(15-21)38-19-37-27/h2-13,15-17H,1,14,18-19H2. The Labute approximate surface area is 239 Å². The second kappa shape index (κ2) is 10.6. The van der Waals surface area contributed by atoms with Crippen LogP contribution in [0.3, 0.4) is 0 Å². The third kappa shape index (κ3) is 4.63. The smallest absolute Gasteiger partial charge is 0.231 e. The summed E-state index contributed by atoms with van der Waals surface area (Å²) in [5.41, 5.74) is 5.86. The van der Waals surface area contributed by atoms with Gasteiger partial charge in [0, 0.05) is 39.8 Å². The number of thioether (sulfide) groups is 1. The Morgan fingerprint density at radius 1 is 0.900 bits per heavy atom. The monoisotopic (exact) mass is 561 g/mol. The molecule has 6 aromatic rings. The lowest BCUT2D eigenvalue weighted by atomic mass is 10.0. The minimum atomic E-state index is 0.259. The second-order valence-corrected chi connectivity index (χ2v) is 10.9. The van der Waals surface area contributed by atoms with E-state index < -0.39 is 0 Å². The van der Waals surface area contributed by atoms with Gasteiger partial charge in [-0.15, -0.1) is 28.1 Å². The van der Waals surface area contributed by atoms with Crippen molar-refractivity contribution < 1.29 is 9.47 Å². The van der Waals surface area contributed by atoms with Crippen LogP contribution < -0.4 is 9.47 Å². The molecule has 0 bridgehead atoms. The Hall–Kier alpha value is -4.47. The molecule has 0 N–H and O–H groups in total. The predicted octanol–water partition coefficient (Wildman–Crippen LogP) is 7.49. The molecule has 0 unspecified atom stereocenters. The van der Waals surface area contributed by atoms with Gasteiger partial charge < -0.3 is 9.47 Å². The molecule has 4 heterocycles. The van der Waals surface area contributed by atoms with Crippen molar-refractivity contribution in [3.63, 3.8) is 0 Å². The summed E-state index contributed by atoms with van der Waals surface area (Å²) in [4.78, 5) is 9.79. The fourth-order valence-corrected chi connectivity index (χ4v) is 6.44. The number of aromatic nitrogens is 5. The van der Waals surface area contributed by atoms with Crippen molar-refractivity contribution in [2.24, 2.45) is 0 Å². The summed E-state index contributed by atoms with van der Waals surface area (Å²) in [6.45, 7) is 4.83. The maximum Gasteiger partial charge on any atom is 0.231 e. The van der Waals surface area contributed by atoms with Gasteiger partial charge in [0.1, 0.15) is 5.01 Å². The summed E-state index contributed by atoms with van der Waals surface area (Å²) in [7, 11) is 0. The van der Waals surface area contributed by atoms with Crippen LogP contribution in [0.2, 0.25) is 0 Å². The van der Waals surface area contributed by atoms with Gasteiger partial charge in [0.25, 0.3) is 0 Å².